The highest BCUT2D eigenvalue weighted by molar-refractivity contribution is 5.97. The van der Waals surface area contributed by atoms with Gasteiger partial charge in [0.25, 0.3) is 5.91 Å². The van der Waals surface area contributed by atoms with E-state index in [9.17, 15) is 9.59 Å². The van der Waals surface area contributed by atoms with Gasteiger partial charge in [-0.25, -0.2) is 4.98 Å². The number of fused-ring (bicyclic) bond motifs is 1. The standard InChI is InChI=1S/C28H29N3O4/c1-19(16-23-8-5-15-34-23)29-26(32)17-20-11-13-31(14-12-20)28(33)22-9-10-24-25(18-22)35-27(30-24)21-6-3-2-4-7-21/h2-10,15,18-20H,11-14,16-17H2,1H3,(H,29,32). The van der Waals surface area contributed by atoms with Crippen LogP contribution >= 0.6 is 0 Å². The van der Waals surface area contributed by atoms with Crippen LogP contribution in [0.15, 0.2) is 75.8 Å². The minimum absolute atomic E-state index is 0.0143. The molecule has 2 aromatic carbocycles. The number of benzene rings is 2. The van der Waals surface area contributed by atoms with Crippen molar-refractivity contribution in [1.29, 1.82) is 0 Å². The normalized spacial score (nSPS) is 15.3. The fraction of sp³-hybridized carbons (Fsp3) is 0.321. The van der Waals surface area contributed by atoms with Gasteiger partial charge >= 0.3 is 0 Å². The highest BCUT2D eigenvalue weighted by atomic mass is 16.3. The zero-order valence-corrected chi connectivity index (χ0v) is 19.8. The van der Waals surface area contributed by atoms with Gasteiger partial charge in [-0.2, -0.15) is 0 Å². The Bertz CT molecular complexity index is 1290. The molecule has 5 rings (SSSR count). The van der Waals surface area contributed by atoms with Crippen molar-refractivity contribution in [3.8, 4) is 11.5 Å². The number of piperidine rings is 1. The van der Waals surface area contributed by atoms with E-state index in [0.29, 0.717) is 43.0 Å². The first kappa shape index (κ1) is 22.9. The van der Waals surface area contributed by atoms with Crippen LogP contribution < -0.4 is 5.32 Å². The van der Waals surface area contributed by atoms with E-state index < -0.39 is 0 Å². The smallest absolute Gasteiger partial charge is 0.253 e. The highest BCUT2D eigenvalue weighted by Gasteiger charge is 2.26. The van der Waals surface area contributed by atoms with Crippen LogP contribution in [0.5, 0.6) is 0 Å². The first-order valence-corrected chi connectivity index (χ1v) is 12.1. The number of hydrogen-bond acceptors (Lipinski definition) is 5. The third-order valence-corrected chi connectivity index (χ3v) is 6.53. The Morgan fingerprint density at radius 3 is 2.63 bits per heavy atom. The summed E-state index contributed by atoms with van der Waals surface area (Å²) < 4.78 is 11.3. The first-order valence-electron chi connectivity index (χ1n) is 12.1. The molecule has 1 aliphatic rings. The van der Waals surface area contributed by atoms with Gasteiger partial charge in [0.1, 0.15) is 11.3 Å². The highest BCUT2D eigenvalue weighted by Crippen LogP contribution is 2.26. The molecule has 1 unspecified atom stereocenters. The van der Waals surface area contributed by atoms with E-state index in [1.165, 1.54) is 0 Å². The summed E-state index contributed by atoms with van der Waals surface area (Å²) in [4.78, 5) is 32.0. The second kappa shape index (κ2) is 10.2. The minimum Gasteiger partial charge on any atom is -0.469 e. The van der Waals surface area contributed by atoms with Crippen LogP contribution in [0.4, 0.5) is 0 Å². The second-order valence-electron chi connectivity index (χ2n) is 9.26. The Hall–Kier alpha value is -3.87. The third kappa shape index (κ3) is 5.45. The zero-order chi connectivity index (χ0) is 24.2. The molecule has 3 heterocycles. The molecule has 1 fully saturated rings. The summed E-state index contributed by atoms with van der Waals surface area (Å²) in [5, 5.41) is 3.06. The maximum Gasteiger partial charge on any atom is 0.253 e. The maximum absolute atomic E-state index is 13.1. The van der Waals surface area contributed by atoms with Gasteiger partial charge in [-0.05, 0) is 68.1 Å². The number of likely N-dealkylation sites (tertiary alicyclic amines) is 1. The van der Waals surface area contributed by atoms with E-state index in [4.69, 9.17) is 8.83 Å². The topological polar surface area (TPSA) is 88.6 Å². The third-order valence-electron chi connectivity index (χ3n) is 6.53. The molecule has 0 aliphatic carbocycles. The van der Waals surface area contributed by atoms with Crippen molar-refractivity contribution < 1.29 is 18.4 Å². The predicted octanol–water partition coefficient (Wildman–Crippen LogP) is 5.08. The van der Waals surface area contributed by atoms with Crippen LogP contribution in [-0.2, 0) is 11.2 Å². The van der Waals surface area contributed by atoms with E-state index in [-0.39, 0.29) is 23.8 Å². The number of nitrogens with zero attached hydrogens (tertiary/aromatic N) is 2. The Labute approximate surface area is 204 Å². The summed E-state index contributed by atoms with van der Waals surface area (Å²) >= 11 is 0. The number of aromatic nitrogens is 1. The first-order chi connectivity index (χ1) is 17.0. The summed E-state index contributed by atoms with van der Waals surface area (Å²) in [6, 6.07) is 18.9. The van der Waals surface area contributed by atoms with E-state index in [2.05, 4.69) is 10.3 Å². The number of hydrogen-bond donors (Lipinski definition) is 1. The van der Waals surface area contributed by atoms with E-state index in [0.717, 1.165) is 29.7 Å². The molecular formula is C28H29N3O4. The molecule has 0 radical (unpaired) electrons. The molecule has 1 aliphatic heterocycles. The van der Waals surface area contributed by atoms with Crippen molar-refractivity contribution in [2.75, 3.05) is 13.1 Å². The zero-order valence-electron chi connectivity index (χ0n) is 19.8. The van der Waals surface area contributed by atoms with Crippen molar-refractivity contribution >= 4 is 22.9 Å². The molecule has 0 saturated carbocycles. The minimum atomic E-state index is -0.0143. The van der Waals surface area contributed by atoms with Crippen LogP contribution in [0.3, 0.4) is 0 Å². The summed E-state index contributed by atoms with van der Waals surface area (Å²) in [6.07, 6.45) is 4.43. The SMILES string of the molecule is CC(Cc1ccco1)NC(=O)CC1CCN(C(=O)c2ccc3nc(-c4ccccc4)oc3c2)CC1. The summed E-state index contributed by atoms with van der Waals surface area (Å²) in [5.74, 6) is 1.73. The van der Waals surface area contributed by atoms with Gasteiger partial charge in [-0.1, -0.05) is 18.2 Å². The molecule has 2 amide bonds. The lowest BCUT2D eigenvalue weighted by atomic mass is 9.92. The molecule has 180 valence electrons. The van der Waals surface area contributed by atoms with Gasteiger partial charge in [-0.15, -0.1) is 0 Å². The average molecular weight is 472 g/mol. The van der Waals surface area contributed by atoms with Crippen molar-refractivity contribution in [3.63, 3.8) is 0 Å². The maximum atomic E-state index is 13.1. The number of rotatable bonds is 7. The molecular weight excluding hydrogens is 442 g/mol. The quantitative estimate of drug-likeness (QED) is 0.406. The Kier molecular flexibility index (Phi) is 6.66. The second-order valence-corrected chi connectivity index (χ2v) is 9.26. The lowest BCUT2D eigenvalue weighted by molar-refractivity contribution is -0.122. The van der Waals surface area contributed by atoms with Gasteiger partial charge in [0.15, 0.2) is 5.58 Å². The lowest BCUT2D eigenvalue weighted by Crippen LogP contribution is -2.40. The molecule has 35 heavy (non-hydrogen) atoms. The van der Waals surface area contributed by atoms with E-state index >= 15 is 0 Å². The number of carbonyl (C=O) groups is 2. The fourth-order valence-corrected chi connectivity index (χ4v) is 4.66. The van der Waals surface area contributed by atoms with Gasteiger partial charge < -0.3 is 19.1 Å². The molecule has 1 atom stereocenters. The van der Waals surface area contributed by atoms with Crippen molar-refractivity contribution in [2.45, 2.75) is 38.6 Å². The molecule has 7 nitrogen and oxygen atoms in total. The molecule has 1 saturated heterocycles. The Morgan fingerprint density at radius 1 is 1.09 bits per heavy atom. The van der Waals surface area contributed by atoms with Gasteiger partial charge in [0, 0.05) is 43.1 Å². The van der Waals surface area contributed by atoms with Crippen molar-refractivity contribution in [1.82, 2.24) is 15.2 Å². The van der Waals surface area contributed by atoms with Crippen LogP contribution in [0.1, 0.15) is 42.3 Å². The number of furan rings is 1. The van der Waals surface area contributed by atoms with Crippen LogP contribution in [0, 0.1) is 5.92 Å². The Balaban J connectivity index is 1.14. The molecule has 0 bridgehead atoms. The number of amides is 2. The average Bonchev–Trinajstić information content (AvgIpc) is 3.54. The van der Waals surface area contributed by atoms with Crippen molar-refractivity contribution in [2.24, 2.45) is 5.92 Å². The molecule has 4 aromatic rings. The largest absolute Gasteiger partial charge is 0.469 e. The molecule has 2 aromatic heterocycles. The number of oxazole rings is 1. The van der Waals surface area contributed by atoms with E-state index in [1.807, 2.05) is 66.4 Å². The molecule has 7 heteroatoms. The summed E-state index contributed by atoms with van der Waals surface area (Å²) in [5.41, 5.74) is 2.82. The number of nitrogens with one attached hydrogen (secondary N) is 1. The van der Waals surface area contributed by atoms with Crippen LogP contribution in [0.25, 0.3) is 22.6 Å². The lowest BCUT2D eigenvalue weighted by Gasteiger charge is -2.32. The summed E-state index contributed by atoms with van der Waals surface area (Å²) in [6.45, 7) is 3.26. The van der Waals surface area contributed by atoms with Crippen molar-refractivity contribution in [3.05, 3.63) is 78.3 Å². The van der Waals surface area contributed by atoms with Crippen LogP contribution in [0.2, 0.25) is 0 Å². The monoisotopic (exact) mass is 471 g/mol. The van der Waals surface area contributed by atoms with Gasteiger partial charge in [0.2, 0.25) is 11.8 Å². The fourth-order valence-electron chi connectivity index (χ4n) is 4.66. The molecule has 0 spiro atoms. The van der Waals surface area contributed by atoms with Gasteiger partial charge in [-0.3, -0.25) is 9.59 Å². The summed E-state index contributed by atoms with van der Waals surface area (Å²) in [7, 11) is 0. The van der Waals surface area contributed by atoms with E-state index in [1.54, 1.807) is 12.3 Å². The van der Waals surface area contributed by atoms with Gasteiger partial charge in [0.05, 0.1) is 6.26 Å². The molecule has 1 N–H and O–H groups in total. The Morgan fingerprint density at radius 2 is 1.89 bits per heavy atom. The van der Waals surface area contributed by atoms with Crippen LogP contribution in [-0.4, -0.2) is 40.8 Å². The number of carbonyl (C=O) groups excluding carboxylic acids is 2. The predicted molar refractivity (Wildman–Crippen MR) is 133 cm³/mol.